The highest BCUT2D eigenvalue weighted by Crippen LogP contribution is 2.49. The molecule has 4 fully saturated rings. The number of hydrazone groups is 1. The number of aliphatic hydroxyl groups is 2. The lowest BCUT2D eigenvalue weighted by atomic mass is 9.60. The third-order valence-corrected chi connectivity index (χ3v) is 7.78. The maximum absolute atomic E-state index is 13.4. The number of carbonyl (C=O) groups excluding carboxylic acids is 3. The Morgan fingerprint density at radius 2 is 1.89 bits per heavy atom. The Hall–Kier alpha value is -2.82. The van der Waals surface area contributed by atoms with Gasteiger partial charge in [-0.25, -0.2) is 10.2 Å². The number of carbonyl (C=O) groups is 3. The highest BCUT2D eigenvalue weighted by atomic mass is 16.6. The van der Waals surface area contributed by atoms with E-state index in [2.05, 4.69) is 10.5 Å². The molecule has 2 saturated carbocycles. The summed E-state index contributed by atoms with van der Waals surface area (Å²) in [6.07, 6.45) is -0.387. The minimum absolute atomic E-state index is 0.0699. The largest absolute Gasteiger partial charge is 0.443 e. The van der Waals surface area contributed by atoms with Crippen molar-refractivity contribution < 1.29 is 34.1 Å². The molecule has 4 aliphatic rings. The number of aliphatic hydroxyl groups excluding tert-OH is 2. The number of hydrogen-bond donors (Lipinski definition) is 3. The lowest BCUT2D eigenvalue weighted by Gasteiger charge is -2.45. The van der Waals surface area contributed by atoms with Gasteiger partial charge in [-0.3, -0.25) is 14.5 Å². The van der Waals surface area contributed by atoms with Gasteiger partial charge in [-0.05, 0) is 31.2 Å². The average Bonchev–Trinajstić information content (AvgIpc) is 3.47. The molecular weight excluding hydrogens is 454 g/mol. The standard InChI is InChI=1S/C25H31N3O7/c29-19-11-18(26-27-25(33)35-13-14-5-2-1-3-6-14)16-8-9-17-21(20(16)22(19)30)24(32)28(23(17)31)12-15-7-4-10-34-15/h1-3,5-6,15-17,19-22,29-30H,4,7-13H2,(H,27,33)/t15-,16-,17+,19+,20-,21+,22+/m0/s1. The molecule has 3 N–H and O–H groups in total. The van der Waals surface area contributed by atoms with Gasteiger partial charge in [0.25, 0.3) is 0 Å². The Morgan fingerprint density at radius 3 is 2.63 bits per heavy atom. The lowest BCUT2D eigenvalue weighted by Crippen LogP contribution is -2.55. The first kappa shape index (κ1) is 23.9. The second-order valence-corrected chi connectivity index (χ2v) is 9.85. The molecular formula is C25H31N3O7. The lowest BCUT2D eigenvalue weighted by molar-refractivity contribution is -0.143. The fraction of sp³-hybridized carbons (Fsp3) is 0.600. The third kappa shape index (κ3) is 4.70. The van der Waals surface area contributed by atoms with Crippen LogP contribution in [0.1, 0.15) is 37.7 Å². The molecule has 0 unspecified atom stereocenters. The van der Waals surface area contributed by atoms with Crippen molar-refractivity contribution in [1.82, 2.24) is 10.3 Å². The van der Waals surface area contributed by atoms with Crippen LogP contribution in [0, 0.1) is 23.7 Å². The van der Waals surface area contributed by atoms with E-state index < -0.39 is 36.1 Å². The van der Waals surface area contributed by atoms with Crippen molar-refractivity contribution in [3.8, 4) is 0 Å². The van der Waals surface area contributed by atoms with E-state index in [1.54, 1.807) is 0 Å². The smallest absolute Gasteiger partial charge is 0.428 e. The molecule has 10 heteroatoms. The number of fused-ring (bicyclic) bond motifs is 3. The topological polar surface area (TPSA) is 138 Å². The van der Waals surface area contributed by atoms with E-state index in [4.69, 9.17) is 9.47 Å². The van der Waals surface area contributed by atoms with Crippen LogP contribution in [-0.4, -0.2) is 70.2 Å². The average molecular weight is 486 g/mol. The molecule has 1 aromatic rings. The van der Waals surface area contributed by atoms with E-state index in [-0.39, 0.29) is 43.4 Å². The number of imide groups is 1. The Labute approximate surface area is 203 Å². The van der Waals surface area contributed by atoms with Gasteiger partial charge in [0.15, 0.2) is 0 Å². The van der Waals surface area contributed by atoms with Crippen molar-refractivity contribution in [1.29, 1.82) is 0 Å². The quantitative estimate of drug-likeness (QED) is 0.421. The van der Waals surface area contributed by atoms with Crippen molar-refractivity contribution in [2.45, 2.75) is 57.0 Å². The molecule has 0 bridgehead atoms. The van der Waals surface area contributed by atoms with Crippen molar-refractivity contribution in [2.24, 2.45) is 28.8 Å². The van der Waals surface area contributed by atoms with Crippen LogP contribution in [0.5, 0.6) is 0 Å². The second-order valence-electron chi connectivity index (χ2n) is 9.85. The molecule has 3 amide bonds. The van der Waals surface area contributed by atoms with Gasteiger partial charge in [-0.2, -0.15) is 5.10 Å². The second kappa shape index (κ2) is 10.0. The molecule has 2 saturated heterocycles. The highest BCUT2D eigenvalue weighted by Gasteiger charge is 2.59. The fourth-order valence-electron chi connectivity index (χ4n) is 6.11. The summed E-state index contributed by atoms with van der Waals surface area (Å²) in [7, 11) is 0. The molecule has 0 radical (unpaired) electrons. The number of likely N-dealkylation sites (tertiary alicyclic amines) is 1. The zero-order chi connectivity index (χ0) is 24.5. The molecule has 0 aromatic heterocycles. The Morgan fingerprint density at radius 1 is 1.11 bits per heavy atom. The molecule has 0 spiro atoms. The van der Waals surface area contributed by atoms with Gasteiger partial charge < -0.3 is 19.7 Å². The van der Waals surface area contributed by atoms with E-state index >= 15 is 0 Å². The van der Waals surface area contributed by atoms with Gasteiger partial charge in [0, 0.05) is 30.6 Å². The van der Waals surface area contributed by atoms with Crippen LogP contribution in [0.25, 0.3) is 0 Å². The molecule has 188 valence electrons. The third-order valence-electron chi connectivity index (χ3n) is 7.78. The first-order valence-electron chi connectivity index (χ1n) is 12.3. The van der Waals surface area contributed by atoms with Crippen LogP contribution >= 0.6 is 0 Å². The monoisotopic (exact) mass is 485 g/mol. The van der Waals surface area contributed by atoms with Crippen LogP contribution in [0.15, 0.2) is 35.4 Å². The Bertz CT molecular complexity index is 994. The minimum atomic E-state index is -1.16. The highest BCUT2D eigenvalue weighted by molar-refractivity contribution is 6.06. The number of nitrogens with one attached hydrogen (secondary N) is 1. The van der Waals surface area contributed by atoms with Crippen molar-refractivity contribution in [2.75, 3.05) is 13.2 Å². The van der Waals surface area contributed by atoms with Gasteiger partial charge in [0.2, 0.25) is 11.8 Å². The number of ether oxygens (including phenoxy) is 2. The number of amides is 3. The summed E-state index contributed by atoms with van der Waals surface area (Å²) in [5.74, 6) is -2.75. The molecule has 5 rings (SSSR count). The normalized spacial score (nSPS) is 35.7. The molecule has 7 atom stereocenters. The number of hydrogen-bond acceptors (Lipinski definition) is 8. The molecule has 10 nitrogen and oxygen atoms in total. The van der Waals surface area contributed by atoms with Crippen molar-refractivity contribution in [3.63, 3.8) is 0 Å². The summed E-state index contributed by atoms with van der Waals surface area (Å²) >= 11 is 0. The summed E-state index contributed by atoms with van der Waals surface area (Å²) < 4.78 is 10.8. The zero-order valence-corrected chi connectivity index (χ0v) is 19.4. The van der Waals surface area contributed by atoms with Gasteiger partial charge in [-0.15, -0.1) is 0 Å². The van der Waals surface area contributed by atoms with E-state index in [0.29, 0.717) is 25.2 Å². The Balaban J connectivity index is 1.29. The molecule has 2 heterocycles. The SMILES string of the molecule is O=C(NN=C1C[C@@H](O)[C@@H](O)[C@@H]2[C@@H]3C(=O)N(C[C@@H]4CCCO4)C(=O)[C@@H]3CC[C@@H]12)OCc1ccccc1. The summed E-state index contributed by atoms with van der Waals surface area (Å²) in [5.41, 5.74) is 3.72. The molecule has 2 aliphatic carbocycles. The first-order valence-corrected chi connectivity index (χ1v) is 12.3. The van der Waals surface area contributed by atoms with Crippen molar-refractivity contribution in [3.05, 3.63) is 35.9 Å². The minimum Gasteiger partial charge on any atom is -0.443 e. The van der Waals surface area contributed by atoms with Gasteiger partial charge >= 0.3 is 6.09 Å². The van der Waals surface area contributed by atoms with Crippen LogP contribution in [0.2, 0.25) is 0 Å². The summed E-state index contributed by atoms with van der Waals surface area (Å²) in [5, 5.41) is 25.7. The molecule has 35 heavy (non-hydrogen) atoms. The maximum Gasteiger partial charge on any atom is 0.428 e. The summed E-state index contributed by atoms with van der Waals surface area (Å²) in [4.78, 5) is 39.9. The predicted octanol–water partition coefficient (Wildman–Crippen LogP) is 1.20. The molecule has 2 aliphatic heterocycles. The van der Waals surface area contributed by atoms with E-state index in [0.717, 1.165) is 18.4 Å². The predicted molar refractivity (Wildman–Crippen MR) is 123 cm³/mol. The van der Waals surface area contributed by atoms with Crippen LogP contribution in [-0.2, 0) is 25.7 Å². The Kier molecular flexibility index (Phi) is 6.86. The van der Waals surface area contributed by atoms with E-state index in [1.165, 1.54) is 4.90 Å². The molecule has 1 aromatic carbocycles. The maximum atomic E-state index is 13.4. The van der Waals surface area contributed by atoms with E-state index in [9.17, 15) is 24.6 Å². The van der Waals surface area contributed by atoms with Crippen LogP contribution < -0.4 is 5.43 Å². The number of benzene rings is 1. The van der Waals surface area contributed by atoms with Crippen molar-refractivity contribution >= 4 is 23.6 Å². The summed E-state index contributed by atoms with van der Waals surface area (Å²) in [6, 6.07) is 9.23. The zero-order valence-electron chi connectivity index (χ0n) is 19.4. The van der Waals surface area contributed by atoms with Gasteiger partial charge in [0.1, 0.15) is 6.61 Å². The van der Waals surface area contributed by atoms with Crippen LogP contribution in [0.3, 0.4) is 0 Å². The van der Waals surface area contributed by atoms with Gasteiger partial charge in [-0.1, -0.05) is 30.3 Å². The summed E-state index contributed by atoms with van der Waals surface area (Å²) in [6.45, 7) is 0.951. The van der Waals surface area contributed by atoms with E-state index in [1.807, 2.05) is 30.3 Å². The van der Waals surface area contributed by atoms with Crippen LogP contribution in [0.4, 0.5) is 4.79 Å². The van der Waals surface area contributed by atoms with Gasteiger partial charge in [0.05, 0.1) is 36.7 Å². The number of nitrogens with zero attached hydrogens (tertiary/aromatic N) is 2. The number of rotatable bonds is 5. The fourth-order valence-corrected chi connectivity index (χ4v) is 6.11. The first-order chi connectivity index (χ1) is 16.9.